The number of phenolic OH excluding ortho intramolecular Hbond substituents is 1. The summed E-state index contributed by atoms with van der Waals surface area (Å²) in [4.78, 5) is 20.6. The summed E-state index contributed by atoms with van der Waals surface area (Å²) in [5.41, 5.74) is 0.980. The van der Waals surface area contributed by atoms with Crippen molar-refractivity contribution in [2.24, 2.45) is 0 Å². The van der Waals surface area contributed by atoms with E-state index in [-0.39, 0.29) is 18.1 Å². The molecule has 0 fully saturated rings. The number of carbonyl (C=O) groups is 1. The first kappa shape index (κ1) is 13.5. The average molecular weight is 238 g/mol. The molecule has 94 valence electrons. The molecule has 0 radical (unpaired) electrons. The highest BCUT2D eigenvalue weighted by molar-refractivity contribution is 5.69. The van der Waals surface area contributed by atoms with Crippen molar-refractivity contribution in [3.05, 3.63) is 29.8 Å². The Morgan fingerprint density at radius 3 is 2.65 bits per heavy atom. The van der Waals surface area contributed by atoms with E-state index in [1.807, 2.05) is 6.92 Å². The van der Waals surface area contributed by atoms with Gasteiger partial charge in [0.25, 0.3) is 0 Å². The van der Waals surface area contributed by atoms with Gasteiger partial charge in [-0.25, -0.2) is 4.79 Å². The monoisotopic (exact) mass is 238 g/mol. The van der Waals surface area contributed by atoms with Gasteiger partial charge in [-0.1, -0.05) is 25.5 Å². The SMILES string of the molecule is CCCCOOC(=O)CCc1ccc(O)cc1. The number of phenols is 1. The number of aromatic hydroxyl groups is 1. The molecule has 0 amide bonds. The van der Waals surface area contributed by atoms with Gasteiger partial charge >= 0.3 is 5.97 Å². The lowest BCUT2D eigenvalue weighted by Crippen LogP contribution is -2.07. The molecule has 0 bridgehead atoms. The van der Waals surface area contributed by atoms with E-state index >= 15 is 0 Å². The topological polar surface area (TPSA) is 55.8 Å². The minimum Gasteiger partial charge on any atom is -0.508 e. The van der Waals surface area contributed by atoms with Gasteiger partial charge in [0.1, 0.15) is 5.75 Å². The smallest absolute Gasteiger partial charge is 0.342 e. The number of hydrogen-bond acceptors (Lipinski definition) is 4. The van der Waals surface area contributed by atoms with Crippen molar-refractivity contribution in [3.8, 4) is 5.75 Å². The van der Waals surface area contributed by atoms with Crippen molar-refractivity contribution in [2.75, 3.05) is 6.61 Å². The van der Waals surface area contributed by atoms with E-state index < -0.39 is 0 Å². The predicted molar refractivity (Wildman–Crippen MR) is 63.4 cm³/mol. The number of unbranched alkanes of at least 4 members (excludes halogenated alkanes) is 1. The quantitative estimate of drug-likeness (QED) is 0.450. The van der Waals surface area contributed by atoms with E-state index in [2.05, 4.69) is 4.89 Å². The Labute approximate surface area is 101 Å². The second kappa shape index (κ2) is 7.68. The maximum absolute atomic E-state index is 11.2. The zero-order chi connectivity index (χ0) is 12.5. The maximum atomic E-state index is 11.2. The van der Waals surface area contributed by atoms with Gasteiger partial charge in [-0.3, -0.25) is 4.89 Å². The van der Waals surface area contributed by atoms with Crippen LogP contribution >= 0.6 is 0 Å². The Morgan fingerprint density at radius 1 is 1.29 bits per heavy atom. The molecule has 1 aromatic rings. The van der Waals surface area contributed by atoms with Gasteiger partial charge in [0.15, 0.2) is 0 Å². The summed E-state index contributed by atoms with van der Waals surface area (Å²) in [5.74, 6) is -0.145. The highest BCUT2D eigenvalue weighted by atomic mass is 17.2. The van der Waals surface area contributed by atoms with Crippen LogP contribution in [0.4, 0.5) is 0 Å². The molecule has 1 N–H and O–H groups in total. The largest absolute Gasteiger partial charge is 0.508 e. The summed E-state index contributed by atoms with van der Waals surface area (Å²) in [7, 11) is 0. The Kier molecular flexibility index (Phi) is 6.10. The van der Waals surface area contributed by atoms with Crippen molar-refractivity contribution in [1.29, 1.82) is 0 Å². The van der Waals surface area contributed by atoms with Crippen LogP contribution in [0.5, 0.6) is 5.75 Å². The third-order valence-electron chi connectivity index (χ3n) is 2.29. The summed E-state index contributed by atoms with van der Waals surface area (Å²) in [5, 5.41) is 9.09. The first-order valence-electron chi connectivity index (χ1n) is 5.82. The molecule has 0 saturated carbocycles. The summed E-state index contributed by atoms with van der Waals surface area (Å²) in [6.45, 7) is 2.48. The Hall–Kier alpha value is -1.55. The molecule has 4 heteroatoms. The molecule has 0 aliphatic rings. The minimum atomic E-state index is -0.367. The van der Waals surface area contributed by atoms with Crippen LogP contribution in [0.2, 0.25) is 0 Å². The molecule has 0 saturated heterocycles. The van der Waals surface area contributed by atoms with E-state index in [4.69, 9.17) is 9.99 Å². The van der Waals surface area contributed by atoms with E-state index in [1.165, 1.54) is 0 Å². The summed E-state index contributed by atoms with van der Waals surface area (Å²) < 4.78 is 0. The van der Waals surface area contributed by atoms with Gasteiger partial charge < -0.3 is 5.11 Å². The predicted octanol–water partition coefficient (Wildman–Crippen LogP) is 2.60. The summed E-state index contributed by atoms with van der Waals surface area (Å²) in [6, 6.07) is 6.75. The van der Waals surface area contributed by atoms with Crippen molar-refractivity contribution in [2.45, 2.75) is 32.6 Å². The average Bonchev–Trinajstić information content (AvgIpc) is 2.34. The van der Waals surface area contributed by atoms with Crippen LogP contribution in [-0.4, -0.2) is 17.7 Å². The fraction of sp³-hybridized carbons (Fsp3) is 0.462. The second-order valence-electron chi connectivity index (χ2n) is 3.80. The number of aryl methyl sites for hydroxylation is 1. The summed E-state index contributed by atoms with van der Waals surface area (Å²) in [6.07, 6.45) is 2.74. The summed E-state index contributed by atoms with van der Waals surface area (Å²) >= 11 is 0. The highest BCUT2D eigenvalue weighted by Gasteiger charge is 2.04. The van der Waals surface area contributed by atoms with E-state index in [0.29, 0.717) is 13.0 Å². The van der Waals surface area contributed by atoms with Crippen LogP contribution in [0.15, 0.2) is 24.3 Å². The number of carbonyl (C=O) groups excluding carboxylic acids is 1. The third-order valence-corrected chi connectivity index (χ3v) is 2.29. The van der Waals surface area contributed by atoms with Gasteiger partial charge in [-0.05, 0) is 30.5 Å². The van der Waals surface area contributed by atoms with Crippen LogP contribution in [0.1, 0.15) is 31.7 Å². The van der Waals surface area contributed by atoms with Crippen LogP contribution < -0.4 is 0 Å². The zero-order valence-corrected chi connectivity index (χ0v) is 10.0. The lowest BCUT2D eigenvalue weighted by atomic mass is 10.1. The van der Waals surface area contributed by atoms with Gasteiger partial charge in [0.2, 0.25) is 0 Å². The number of hydrogen-bond donors (Lipinski definition) is 1. The van der Waals surface area contributed by atoms with Gasteiger partial charge in [-0.2, -0.15) is 4.89 Å². The highest BCUT2D eigenvalue weighted by Crippen LogP contribution is 2.11. The standard InChI is InChI=1S/C13H18O4/c1-2-3-10-16-17-13(15)9-6-11-4-7-12(14)8-5-11/h4-5,7-8,14H,2-3,6,9-10H2,1H3. The van der Waals surface area contributed by atoms with E-state index in [1.54, 1.807) is 24.3 Å². The van der Waals surface area contributed by atoms with Gasteiger partial charge in [-0.15, -0.1) is 0 Å². The fourth-order valence-corrected chi connectivity index (χ4v) is 1.26. The molecular weight excluding hydrogens is 220 g/mol. The molecule has 0 heterocycles. The molecule has 0 aliphatic heterocycles. The fourth-order valence-electron chi connectivity index (χ4n) is 1.26. The molecule has 0 aliphatic carbocycles. The first-order chi connectivity index (χ1) is 8.22. The van der Waals surface area contributed by atoms with Gasteiger partial charge in [0.05, 0.1) is 13.0 Å². The Morgan fingerprint density at radius 2 is 2.00 bits per heavy atom. The number of rotatable bonds is 7. The molecule has 1 aromatic carbocycles. The molecule has 0 aromatic heterocycles. The van der Waals surface area contributed by atoms with Crippen LogP contribution in [0.3, 0.4) is 0 Å². The second-order valence-corrected chi connectivity index (χ2v) is 3.80. The lowest BCUT2D eigenvalue weighted by Gasteiger charge is -2.03. The van der Waals surface area contributed by atoms with Crippen LogP contribution in [-0.2, 0) is 21.0 Å². The third kappa shape index (κ3) is 5.92. The molecule has 0 atom stereocenters. The van der Waals surface area contributed by atoms with Gasteiger partial charge in [0, 0.05) is 0 Å². The number of benzene rings is 1. The minimum absolute atomic E-state index is 0.222. The van der Waals surface area contributed by atoms with Crippen molar-refractivity contribution >= 4 is 5.97 Å². The lowest BCUT2D eigenvalue weighted by molar-refractivity contribution is -0.272. The Bertz CT molecular complexity index is 332. The molecule has 4 nitrogen and oxygen atoms in total. The van der Waals surface area contributed by atoms with Crippen molar-refractivity contribution in [1.82, 2.24) is 0 Å². The van der Waals surface area contributed by atoms with Crippen molar-refractivity contribution < 1.29 is 19.7 Å². The van der Waals surface area contributed by atoms with Crippen LogP contribution in [0.25, 0.3) is 0 Å². The zero-order valence-electron chi connectivity index (χ0n) is 10.0. The first-order valence-corrected chi connectivity index (χ1v) is 5.82. The van der Waals surface area contributed by atoms with E-state index in [9.17, 15) is 4.79 Å². The molecular formula is C13H18O4. The maximum Gasteiger partial charge on any atom is 0.342 e. The molecule has 1 rings (SSSR count). The molecule has 0 spiro atoms. The van der Waals surface area contributed by atoms with Crippen LogP contribution in [0, 0.1) is 0 Å². The van der Waals surface area contributed by atoms with E-state index in [0.717, 1.165) is 18.4 Å². The molecule has 0 unspecified atom stereocenters. The van der Waals surface area contributed by atoms with Crippen molar-refractivity contribution in [3.63, 3.8) is 0 Å². The normalized spacial score (nSPS) is 10.2. The Balaban J connectivity index is 2.17. The molecule has 17 heavy (non-hydrogen) atoms.